The van der Waals surface area contributed by atoms with Crippen molar-refractivity contribution in [3.05, 3.63) is 70.8 Å². The van der Waals surface area contributed by atoms with Crippen LogP contribution in [0.15, 0.2) is 66.0 Å². The number of thiophene rings is 1. The summed E-state index contributed by atoms with van der Waals surface area (Å²) < 4.78 is 0. The Bertz CT molecular complexity index is 769. The van der Waals surface area contributed by atoms with Gasteiger partial charge in [0, 0.05) is 24.2 Å². The van der Waals surface area contributed by atoms with E-state index >= 15 is 0 Å². The van der Waals surface area contributed by atoms with Crippen LogP contribution >= 0.6 is 11.3 Å². The number of nitrogens with one attached hydrogen (secondary N) is 2. The third kappa shape index (κ3) is 4.08. The van der Waals surface area contributed by atoms with Crippen LogP contribution in [0, 0.1) is 0 Å². The highest BCUT2D eigenvalue weighted by Crippen LogP contribution is 2.15. The molecule has 1 aliphatic heterocycles. The third-order valence-corrected chi connectivity index (χ3v) is 4.25. The van der Waals surface area contributed by atoms with Gasteiger partial charge in [0.05, 0.1) is 11.4 Å². The molecule has 2 aromatic heterocycles. The lowest BCUT2D eigenvalue weighted by atomic mass is 10.1. The number of rotatable bonds is 6. The van der Waals surface area contributed by atoms with Crippen LogP contribution < -0.4 is 10.9 Å². The van der Waals surface area contributed by atoms with E-state index in [-0.39, 0.29) is 18.2 Å². The third-order valence-electron chi connectivity index (χ3n) is 3.34. The van der Waals surface area contributed by atoms with E-state index in [1.807, 2.05) is 29.8 Å². The molecule has 1 aliphatic rings. The van der Waals surface area contributed by atoms with Crippen LogP contribution in [-0.4, -0.2) is 28.1 Å². The molecular formula is C17H16N4O2S. The Morgan fingerprint density at radius 2 is 2.17 bits per heavy atom. The number of hydrogen-bond acceptors (Lipinski definition) is 6. The molecule has 2 N–H and O–H groups in total. The average Bonchev–Trinajstić information content (AvgIpc) is 3.15. The van der Waals surface area contributed by atoms with Crippen molar-refractivity contribution < 1.29 is 9.59 Å². The molecule has 0 aromatic carbocycles. The van der Waals surface area contributed by atoms with Crippen LogP contribution in [-0.2, 0) is 4.79 Å². The smallest absolute Gasteiger partial charge is 0.267 e. The zero-order valence-electron chi connectivity index (χ0n) is 12.8. The number of amides is 1. The summed E-state index contributed by atoms with van der Waals surface area (Å²) in [5.74, 6) is 0.334. The summed E-state index contributed by atoms with van der Waals surface area (Å²) in [4.78, 5) is 30.9. The number of Topliss-reactive ketones (excluding diaryl/α,β-unsaturated/α-hetero) is 1. The molecular weight excluding hydrogens is 324 g/mol. The van der Waals surface area contributed by atoms with Crippen molar-refractivity contribution in [3.8, 4) is 0 Å². The Morgan fingerprint density at radius 1 is 1.25 bits per heavy atom. The molecule has 0 radical (unpaired) electrons. The second-order valence-electron chi connectivity index (χ2n) is 5.11. The van der Waals surface area contributed by atoms with Crippen molar-refractivity contribution >= 4 is 28.8 Å². The number of nitrogens with zero attached hydrogens (tertiary/aromatic N) is 2. The first-order valence-corrected chi connectivity index (χ1v) is 8.27. The van der Waals surface area contributed by atoms with Crippen molar-refractivity contribution in [1.29, 1.82) is 0 Å². The van der Waals surface area contributed by atoms with Gasteiger partial charge in [-0.15, -0.1) is 11.3 Å². The summed E-state index contributed by atoms with van der Waals surface area (Å²) in [6.07, 6.45) is 7.52. The first kappa shape index (κ1) is 15.9. The molecule has 7 heteroatoms. The highest BCUT2D eigenvalue weighted by Gasteiger charge is 2.16. The van der Waals surface area contributed by atoms with Gasteiger partial charge in [-0.3, -0.25) is 20.4 Å². The number of ketones is 1. The summed E-state index contributed by atoms with van der Waals surface area (Å²) in [6.45, 7) is 0.210. The number of hydrogen-bond donors (Lipinski definition) is 2. The van der Waals surface area contributed by atoms with Gasteiger partial charge < -0.3 is 4.90 Å². The van der Waals surface area contributed by atoms with Gasteiger partial charge in [-0.25, -0.2) is 4.98 Å². The molecule has 0 fully saturated rings. The van der Waals surface area contributed by atoms with Crippen molar-refractivity contribution in [2.45, 2.75) is 6.42 Å². The maximum absolute atomic E-state index is 12.2. The second-order valence-corrected chi connectivity index (χ2v) is 6.06. The van der Waals surface area contributed by atoms with Gasteiger partial charge >= 0.3 is 0 Å². The quantitative estimate of drug-likeness (QED) is 0.624. The maximum atomic E-state index is 12.2. The molecule has 6 nitrogen and oxygen atoms in total. The number of pyridine rings is 1. The van der Waals surface area contributed by atoms with Gasteiger partial charge in [-0.2, -0.15) is 0 Å². The van der Waals surface area contributed by atoms with Crippen LogP contribution in [0.2, 0.25) is 0 Å². The normalized spacial score (nSPS) is 13.3. The summed E-state index contributed by atoms with van der Waals surface area (Å²) in [5, 5.41) is 1.87. The molecule has 2 aromatic rings. The number of carbonyl (C=O) groups is 2. The maximum Gasteiger partial charge on any atom is 0.267 e. The molecule has 0 unspecified atom stereocenters. The van der Waals surface area contributed by atoms with E-state index in [1.54, 1.807) is 35.5 Å². The van der Waals surface area contributed by atoms with E-state index in [0.29, 0.717) is 22.7 Å². The highest BCUT2D eigenvalue weighted by atomic mass is 32.1. The molecule has 0 saturated heterocycles. The topological polar surface area (TPSA) is 74.3 Å². The summed E-state index contributed by atoms with van der Waals surface area (Å²) in [5.41, 5.74) is 5.94. The molecule has 0 aliphatic carbocycles. The Morgan fingerprint density at radius 3 is 2.92 bits per heavy atom. The highest BCUT2D eigenvalue weighted by molar-refractivity contribution is 7.12. The van der Waals surface area contributed by atoms with Gasteiger partial charge in [-0.05, 0) is 30.0 Å². The summed E-state index contributed by atoms with van der Waals surface area (Å²) >= 11 is 1.42. The lowest BCUT2D eigenvalue weighted by Gasteiger charge is -2.20. The predicted molar refractivity (Wildman–Crippen MR) is 93.2 cm³/mol. The second kappa shape index (κ2) is 7.56. The van der Waals surface area contributed by atoms with Gasteiger partial charge in [0.25, 0.3) is 5.91 Å². The van der Waals surface area contributed by atoms with Crippen molar-refractivity contribution in [2.75, 3.05) is 12.0 Å². The molecule has 122 valence electrons. The lowest BCUT2D eigenvalue weighted by Crippen LogP contribution is -2.33. The van der Waals surface area contributed by atoms with Crippen LogP contribution in [0.25, 0.3) is 0 Å². The van der Waals surface area contributed by atoms with E-state index in [0.717, 1.165) is 0 Å². The van der Waals surface area contributed by atoms with Gasteiger partial charge in [-0.1, -0.05) is 18.2 Å². The number of hydrazine groups is 1. The minimum Gasteiger partial charge on any atom is -0.346 e. The molecule has 0 atom stereocenters. The van der Waals surface area contributed by atoms with Crippen LogP contribution in [0.3, 0.4) is 0 Å². The van der Waals surface area contributed by atoms with Crippen molar-refractivity contribution in [3.63, 3.8) is 0 Å². The fraction of sp³-hybridized carbons (Fsp3) is 0.118. The van der Waals surface area contributed by atoms with Crippen molar-refractivity contribution in [2.24, 2.45) is 0 Å². The first-order valence-electron chi connectivity index (χ1n) is 7.39. The average molecular weight is 340 g/mol. The van der Waals surface area contributed by atoms with Gasteiger partial charge in [0.1, 0.15) is 5.82 Å². The summed E-state index contributed by atoms with van der Waals surface area (Å²) in [6, 6.07) is 9.02. The van der Waals surface area contributed by atoms with Gasteiger partial charge in [0.15, 0.2) is 5.78 Å². The fourth-order valence-corrected chi connectivity index (χ4v) is 2.84. The van der Waals surface area contributed by atoms with Crippen molar-refractivity contribution in [1.82, 2.24) is 15.3 Å². The van der Waals surface area contributed by atoms with Crippen LogP contribution in [0.5, 0.6) is 0 Å². The van der Waals surface area contributed by atoms with Gasteiger partial charge in [0.2, 0.25) is 0 Å². The largest absolute Gasteiger partial charge is 0.346 e. The zero-order valence-corrected chi connectivity index (χ0v) is 13.6. The Kier molecular flexibility index (Phi) is 5.02. The van der Waals surface area contributed by atoms with E-state index in [4.69, 9.17) is 0 Å². The number of aromatic nitrogens is 1. The SMILES string of the molecule is O=C(NNc1ccccn1)C1=CN(CC(=O)c2cccs2)C=CC1. The molecule has 3 heterocycles. The Balaban J connectivity index is 1.58. The number of allylic oxidation sites excluding steroid dienone is 1. The minimum atomic E-state index is -0.251. The monoisotopic (exact) mass is 340 g/mol. The van der Waals surface area contributed by atoms with E-state index < -0.39 is 0 Å². The lowest BCUT2D eigenvalue weighted by molar-refractivity contribution is -0.117. The molecule has 1 amide bonds. The van der Waals surface area contributed by atoms with E-state index in [2.05, 4.69) is 15.8 Å². The standard InChI is InChI=1S/C17H16N4O2S/c22-14(15-6-4-10-24-15)12-21-9-3-5-13(11-21)17(23)20-19-16-7-1-2-8-18-16/h1-4,6-11H,5,12H2,(H,18,19)(H,20,23). The molecule has 3 rings (SSSR count). The predicted octanol–water partition coefficient (Wildman–Crippen LogP) is 2.57. The first-order chi connectivity index (χ1) is 11.7. The Hall–Kier alpha value is -2.93. The molecule has 24 heavy (non-hydrogen) atoms. The van der Waals surface area contributed by atoms with Crippen LogP contribution in [0.1, 0.15) is 16.1 Å². The molecule has 0 bridgehead atoms. The molecule has 0 spiro atoms. The van der Waals surface area contributed by atoms with E-state index in [1.165, 1.54) is 11.3 Å². The minimum absolute atomic E-state index is 0.0270. The Labute approximate surface area is 143 Å². The van der Waals surface area contributed by atoms with Crippen LogP contribution in [0.4, 0.5) is 5.82 Å². The fourth-order valence-electron chi connectivity index (χ4n) is 2.18. The number of carbonyl (C=O) groups excluding carboxylic acids is 2. The zero-order chi connectivity index (χ0) is 16.8. The number of anilines is 1. The van der Waals surface area contributed by atoms with E-state index in [9.17, 15) is 9.59 Å². The summed E-state index contributed by atoms with van der Waals surface area (Å²) in [7, 11) is 0. The molecule has 0 saturated carbocycles.